The molecule has 28 heavy (non-hydrogen) atoms. The van der Waals surface area contributed by atoms with E-state index in [2.05, 4.69) is 10.6 Å². The van der Waals surface area contributed by atoms with Crippen molar-refractivity contribution in [3.05, 3.63) is 52.2 Å². The zero-order valence-electron chi connectivity index (χ0n) is 15.5. The first-order chi connectivity index (χ1) is 13.2. The Labute approximate surface area is 166 Å². The van der Waals surface area contributed by atoms with Gasteiger partial charge >= 0.3 is 0 Å². The minimum Gasteiger partial charge on any atom is -0.484 e. The van der Waals surface area contributed by atoms with E-state index >= 15 is 0 Å². The number of hydrogen-bond acceptors (Lipinski definition) is 4. The van der Waals surface area contributed by atoms with Crippen molar-refractivity contribution in [3.8, 4) is 5.75 Å². The molecule has 0 spiro atoms. The van der Waals surface area contributed by atoms with E-state index in [-0.39, 0.29) is 40.3 Å². The molecule has 1 aromatic heterocycles. The molecule has 0 radical (unpaired) electrons. The number of nitrogens with one attached hydrogen (secondary N) is 2. The Morgan fingerprint density at radius 1 is 1.18 bits per heavy atom. The molecule has 3 aliphatic rings. The van der Waals surface area contributed by atoms with E-state index in [1.54, 1.807) is 6.07 Å². The summed E-state index contributed by atoms with van der Waals surface area (Å²) in [5.41, 5.74) is 0.361. The van der Waals surface area contributed by atoms with Crippen molar-refractivity contribution in [3.63, 3.8) is 0 Å². The summed E-state index contributed by atoms with van der Waals surface area (Å²) in [7, 11) is 0. The van der Waals surface area contributed by atoms with Crippen molar-refractivity contribution in [2.75, 3.05) is 6.61 Å². The Morgan fingerprint density at radius 2 is 1.86 bits per heavy atom. The van der Waals surface area contributed by atoms with Crippen molar-refractivity contribution in [2.45, 2.75) is 44.2 Å². The van der Waals surface area contributed by atoms with Gasteiger partial charge in [-0.2, -0.15) is 0 Å². The molecule has 2 bridgehead atoms. The van der Waals surface area contributed by atoms with Crippen LogP contribution in [0.25, 0.3) is 0 Å². The Morgan fingerprint density at radius 3 is 2.46 bits per heavy atom. The summed E-state index contributed by atoms with van der Waals surface area (Å²) in [5, 5.41) is 5.96. The Kier molecular flexibility index (Phi) is 4.38. The average Bonchev–Trinajstić information content (AvgIpc) is 2.92. The van der Waals surface area contributed by atoms with Gasteiger partial charge in [0.05, 0.1) is 5.02 Å². The third kappa shape index (κ3) is 3.35. The van der Waals surface area contributed by atoms with Gasteiger partial charge in [0.2, 0.25) is 0 Å². The van der Waals surface area contributed by atoms with E-state index in [1.165, 1.54) is 12.1 Å². The monoisotopic (exact) mass is 406 g/mol. The van der Waals surface area contributed by atoms with Gasteiger partial charge in [-0.25, -0.2) is 4.39 Å². The highest BCUT2D eigenvalue weighted by Gasteiger charge is 2.69. The maximum atomic E-state index is 13.4. The second kappa shape index (κ2) is 6.51. The van der Waals surface area contributed by atoms with Gasteiger partial charge in [0.1, 0.15) is 17.3 Å². The highest BCUT2D eigenvalue weighted by atomic mass is 35.5. The van der Waals surface area contributed by atoms with Gasteiger partial charge in [-0.1, -0.05) is 11.6 Å². The largest absolute Gasteiger partial charge is 0.484 e. The highest BCUT2D eigenvalue weighted by Crippen LogP contribution is 2.60. The van der Waals surface area contributed by atoms with E-state index in [0.717, 1.165) is 17.4 Å². The predicted octanol–water partition coefficient (Wildman–Crippen LogP) is 3.29. The van der Waals surface area contributed by atoms with Gasteiger partial charge in [0.25, 0.3) is 11.8 Å². The van der Waals surface area contributed by atoms with Crippen LogP contribution in [0.15, 0.2) is 28.7 Å². The molecule has 2 aromatic rings. The van der Waals surface area contributed by atoms with Crippen molar-refractivity contribution in [1.29, 1.82) is 0 Å². The van der Waals surface area contributed by atoms with Gasteiger partial charge in [-0.05, 0) is 56.9 Å². The lowest BCUT2D eigenvalue weighted by Crippen LogP contribution is -2.84. The summed E-state index contributed by atoms with van der Waals surface area (Å²) >= 11 is 5.61. The zero-order valence-corrected chi connectivity index (χ0v) is 16.3. The Balaban J connectivity index is 1.24. The molecule has 1 aromatic carbocycles. The maximum Gasteiger partial charge on any atom is 0.287 e. The molecule has 1 heterocycles. The summed E-state index contributed by atoms with van der Waals surface area (Å²) in [6, 6.07) is 5.74. The molecule has 6 nitrogen and oxygen atoms in total. The number of carbonyl (C=O) groups is 2. The van der Waals surface area contributed by atoms with Gasteiger partial charge in [-0.15, -0.1) is 0 Å². The van der Waals surface area contributed by atoms with E-state index in [1.807, 2.05) is 13.8 Å². The molecule has 5 rings (SSSR count). The fraction of sp³-hybridized carbons (Fsp3) is 0.400. The molecule has 3 aliphatic carbocycles. The molecular formula is C20H20ClFN2O4. The standard InChI is InChI=1S/C20H20ClFN2O4/c1-11-5-16(28-12(11)2)18(26)24-20-8-19(9-20,10-20)23-17(25)7-27-13-3-4-14(21)15(22)6-13/h3-6H,7-10H2,1-2H3,(H,23,25)(H,24,26). The molecule has 2 amide bonds. The smallest absolute Gasteiger partial charge is 0.287 e. The van der Waals surface area contributed by atoms with Crippen molar-refractivity contribution >= 4 is 23.4 Å². The van der Waals surface area contributed by atoms with Crippen LogP contribution in [0.1, 0.15) is 41.1 Å². The van der Waals surface area contributed by atoms with Crippen LogP contribution in [0.3, 0.4) is 0 Å². The number of aryl methyl sites for hydroxylation is 2. The van der Waals surface area contributed by atoms with Crippen LogP contribution in [0.4, 0.5) is 4.39 Å². The van der Waals surface area contributed by atoms with Gasteiger partial charge in [-0.3, -0.25) is 9.59 Å². The van der Waals surface area contributed by atoms with Gasteiger partial charge in [0.15, 0.2) is 12.4 Å². The van der Waals surface area contributed by atoms with Crippen LogP contribution in [-0.4, -0.2) is 29.5 Å². The molecule has 2 N–H and O–H groups in total. The Hall–Kier alpha value is -2.54. The Bertz CT molecular complexity index is 932. The van der Waals surface area contributed by atoms with E-state index < -0.39 is 5.82 Å². The van der Waals surface area contributed by atoms with Crippen molar-refractivity contribution in [2.24, 2.45) is 0 Å². The van der Waals surface area contributed by atoms with E-state index in [0.29, 0.717) is 25.0 Å². The lowest BCUT2D eigenvalue weighted by Gasteiger charge is -2.70. The number of carbonyl (C=O) groups excluding carboxylic acids is 2. The molecule has 3 saturated carbocycles. The predicted molar refractivity (Wildman–Crippen MR) is 100 cm³/mol. The molecule has 8 heteroatoms. The molecule has 0 aliphatic heterocycles. The first-order valence-electron chi connectivity index (χ1n) is 8.98. The van der Waals surface area contributed by atoms with Crippen LogP contribution >= 0.6 is 11.6 Å². The minimum absolute atomic E-state index is 0.00196. The van der Waals surface area contributed by atoms with Crippen LogP contribution in [0.5, 0.6) is 5.75 Å². The zero-order chi connectivity index (χ0) is 20.1. The number of halogens is 2. The second-order valence-electron chi connectivity index (χ2n) is 7.81. The van der Waals surface area contributed by atoms with E-state index in [9.17, 15) is 14.0 Å². The first kappa shape index (κ1) is 18.8. The number of rotatable bonds is 6. The fourth-order valence-corrected chi connectivity index (χ4v) is 4.21. The maximum absolute atomic E-state index is 13.4. The number of hydrogen-bond donors (Lipinski definition) is 2. The normalized spacial score (nSPS) is 24.7. The number of benzene rings is 1. The molecular weight excluding hydrogens is 387 g/mol. The summed E-state index contributed by atoms with van der Waals surface area (Å²) in [5.74, 6) is 0.158. The lowest BCUT2D eigenvalue weighted by atomic mass is 9.44. The third-order valence-corrected chi connectivity index (χ3v) is 5.77. The van der Waals surface area contributed by atoms with Crippen molar-refractivity contribution in [1.82, 2.24) is 10.6 Å². The molecule has 3 fully saturated rings. The highest BCUT2D eigenvalue weighted by molar-refractivity contribution is 6.30. The lowest BCUT2D eigenvalue weighted by molar-refractivity contribution is -0.141. The summed E-state index contributed by atoms with van der Waals surface area (Å²) in [4.78, 5) is 24.5. The van der Waals surface area contributed by atoms with Crippen LogP contribution < -0.4 is 15.4 Å². The van der Waals surface area contributed by atoms with E-state index in [4.69, 9.17) is 20.8 Å². The van der Waals surface area contributed by atoms with Gasteiger partial charge in [0, 0.05) is 17.1 Å². The van der Waals surface area contributed by atoms with Crippen LogP contribution in [-0.2, 0) is 4.79 Å². The minimum atomic E-state index is -0.598. The van der Waals surface area contributed by atoms with Gasteiger partial charge < -0.3 is 19.8 Å². The molecule has 148 valence electrons. The summed E-state index contributed by atoms with van der Waals surface area (Å²) < 4.78 is 24.1. The summed E-state index contributed by atoms with van der Waals surface area (Å²) in [6.07, 6.45) is 2.02. The topological polar surface area (TPSA) is 80.6 Å². The number of amides is 2. The quantitative estimate of drug-likeness (QED) is 0.771. The first-order valence-corrected chi connectivity index (χ1v) is 9.36. The molecule has 0 saturated heterocycles. The third-order valence-electron chi connectivity index (χ3n) is 5.46. The molecule has 0 atom stereocenters. The number of furan rings is 1. The fourth-order valence-electron chi connectivity index (χ4n) is 4.09. The summed E-state index contributed by atoms with van der Waals surface area (Å²) in [6.45, 7) is 3.49. The SMILES string of the molecule is Cc1cc(C(=O)NC23CC(NC(=O)COc4ccc(Cl)c(F)c4)(C2)C3)oc1C. The van der Waals surface area contributed by atoms with Crippen LogP contribution in [0.2, 0.25) is 5.02 Å². The van der Waals surface area contributed by atoms with Crippen LogP contribution in [0, 0.1) is 19.7 Å². The average molecular weight is 407 g/mol. The van der Waals surface area contributed by atoms with Crippen molar-refractivity contribution < 1.29 is 23.1 Å². The second-order valence-corrected chi connectivity index (χ2v) is 8.21. The molecule has 0 unspecified atom stereocenters. The number of ether oxygens (including phenoxy) is 1.